The van der Waals surface area contributed by atoms with Crippen LogP contribution in [-0.4, -0.2) is 25.2 Å². The zero-order valence-electron chi connectivity index (χ0n) is 7.13. The molecule has 0 saturated carbocycles. The minimum Gasteiger partial charge on any atom is -0.450 e. The molecule has 0 atom stereocenters. The first-order chi connectivity index (χ1) is 5.66. The summed E-state index contributed by atoms with van der Waals surface area (Å²) in [6, 6.07) is 0. The zero-order chi connectivity index (χ0) is 9.40. The van der Waals surface area contributed by atoms with Crippen molar-refractivity contribution in [1.82, 2.24) is 5.32 Å². The first-order valence-corrected chi connectivity index (χ1v) is 3.85. The highest BCUT2D eigenvalue weighted by Crippen LogP contribution is 1.93. The molecule has 1 aliphatic rings. The highest BCUT2D eigenvalue weighted by Gasteiger charge is 2.05. The number of hydrogen-bond donors (Lipinski definition) is 2. The van der Waals surface area contributed by atoms with Crippen LogP contribution in [0.25, 0.3) is 0 Å². The maximum atomic E-state index is 10.1. The van der Waals surface area contributed by atoms with E-state index in [4.69, 9.17) is 0 Å². The van der Waals surface area contributed by atoms with E-state index in [1.807, 2.05) is 0 Å². The Bertz CT molecular complexity index is 151. The van der Waals surface area contributed by atoms with Gasteiger partial charge in [-0.05, 0) is 13.3 Å². The lowest BCUT2D eigenvalue weighted by Crippen LogP contribution is -2.12. The van der Waals surface area contributed by atoms with Crippen molar-refractivity contribution >= 4 is 12.0 Å². The summed E-state index contributed by atoms with van der Waals surface area (Å²) in [7, 11) is 0. The van der Waals surface area contributed by atoms with Crippen molar-refractivity contribution in [2.75, 3.05) is 13.2 Å². The van der Waals surface area contributed by atoms with Crippen LogP contribution in [-0.2, 0) is 9.53 Å². The van der Waals surface area contributed by atoms with Crippen LogP contribution in [0.15, 0.2) is 0 Å². The summed E-state index contributed by atoms with van der Waals surface area (Å²) >= 11 is 0. The van der Waals surface area contributed by atoms with Crippen LogP contribution < -0.4 is 11.1 Å². The molecule has 0 aromatic heterocycles. The molecule has 12 heavy (non-hydrogen) atoms. The molecule has 3 N–H and O–H groups in total. The Labute approximate surface area is 71.3 Å². The normalized spacial score (nSPS) is 14.2. The Morgan fingerprint density at radius 2 is 2.42 bits per heavy atom. The fourth-order valence-electron chi connectivity index (χ4n) is 0.707. The van der Waals surface area contributed by atoms with Crippen LogP contribution >= 0.6 is 0 Å². The van der Waals surface area contributed by atoms with Gasteiger partial charge in [0.25, 0.3) is 0 Å². The lowest BCUT2D eigenvalue weighted by molar-refractivity contribution is -0.119. The Kier molecular flexibility index (Phi) is 5.77. The molecule has 2 amide bonds. The number of rotatable bonds is 1. The lowest BCUT2D eigenvalue weighted by Gasteiger charge is -1.89. The number of nitrogens with two attached hydrogens (primary N) is 1. The van der Waals surface area contributed by atoms with Gasteiger partial charge in [-0.15, -0.1) is 0 Å². The van der Waals surface area contributed by atoms with Crippen LogP contribution in [0.1, 0.15) is 19.8 Å². The van der Waals surface area contributed by atoms with Crippen molar-refractivity contribution in [3.8, 4) is 0 Å². The van der Waals surface area contributed by atoms with Gasteiger partial charge in [-0.1, -0.05) is 0 Å². The average molecular weight is 174 g/mol. The summed E-state index contributed by atoms with van der Waals surface area (Å²) in [6.45, 7) is 2.94. The summed E-state index contributed by atoms with van der Waals surface area (Å²) < 4.78 is 4.18. The summed E-state index contributed by atoms with van der Waals surface area (Å²) in [5.74, 6) is 0.204. The van der Waals surface area contributed by atoms with E-state index in [1.165, 1.54) is 0 Å². The van der Waals surface area contributed by atoms with E-state index in [0.29, 0.717) is 6.61 Å². The highest BCUT2D eigenvalue weighted by atomic mass is 16.5. The summed E-state index contributed by atoms with van der Waals surface area (Å²) in [5.41, 5.74) is 4.54. The van der Waals surface area contributed by atoms with Crippen LogP contribution in [0, 0.1) is 0 Å². The third-order valence-electron chi connectivity index (χ3n) is 1.19. The average Bonchev–Trinajstić information content (AvgIpc) is 2.40. The Hall–Kier alpha value is -1.26. The summed E-state index contributed by atoms with van der Waals surface area (Å²) in [6.07, 6.45) is 1.05. The molecule has 1 fully saturated rings. The highest BCUT2D eigenvalue weighted by molar-refractivity contribution is 5.77. The molecule has 0 aromatic carbocycles. The van der Waals surface area contributed by atoms with Crippen LogP contribution in [0.5, 0.6) is 0 Å². The van der Waals surface area contributed by atoms with Crippen molar-refractivity contribution in [2.45, 2.75) is 19.8 Å². The number of hydrogen-bond acceptors (Lipinski definition) is 3. The first-order valence-electron chi connectivity index (χ1n) is 3.85. The van der Waals surface area contributed by atoms with Crippen molar-refractivity contribution in [3.63, 3.8) is 0 Å². The predicted octanol–water partition coefficient (Wildman–Crippen LogP) is -0.00200. The maximum Gasteiger partial charge on any atom is 0.404 e. The van der Waals surface area contributed by atoms with E-state index in [0.717, 1.165) is 19.4 Å². The second-order valence-electron chi connectivity index (χ2n) is 2.21. The van der Waals surface area contributed by atoms with Gasteiger partial charge in [0.1, 0.15) is 0 Å². The SMILES string of the molecule is CCOC(N)=O.O=C1CCCN1. The number of carbonyl (C=O) groups excluding carboxylic acids is 2. The van der Waals surface area contributed by atoms with E-state index in [1.54, 1.807) is 6.92 Å². The molecule has 0 aliphatic carbocycles. The van der Waals surface area contributed by atoms with Crippen LogP contribution in [0.4, 0.5) is 4.79 Å². The molecule has 0 bridgehead atoms. The summed E-state index contributed by atoms with van der Waals surface area (Å²) in [5, 5.41) is 2.68. The molecular formula is C7H14N2O3. The fraction of sp³-hybridized carbons (Fsp3) is 0.714. The number of amides is 2. The van der Waals surface area contributed by atoms with Gasteiger partial charge in [-0.25, -0.2) is 4.79 Å². The zero-order valence-corrected chi connectivity index (χ0v) is 7.13. The van der Waals surface area contributed by atoms with Gasteiger partial charge in [0, 0.05) is 13.0 Å². The largest absolute Gasteiger partial charge is 0.450 e. The molecular weight excluding hydrogens is 160 g/mol. The van der Waals surface area contributed by atoms with Gasteiger partial charge in [-0.3, -0.25) is 4.79 Å². The number of carbonyl (C=O) groups is 2. The molecule has 1 rings (SSSR count). The molecule has 0 unspecified atom stereocenters. The molecule has 70 valence electrons. The van der Waals surface area contributed by atoms with Gasteiger partial charge < -0.3 is 15.8 Å². The van der Waals surface area contributed by atoms with Crippen molar-refractivity contribution in [1.29, 1.82) is 0 Å². The lowest BCUT2D eigenvalue weighted by atomic mass is 10.4. The van der Waals surface area contributed by atoms with E-state index < -0.39 is 6.09 Å². The topological polar surface area (TPSA) is 81.4 Å². The smallest absolute Gasteiger partial charge is 0.404 e. The Morgan fingerprint density at radius 1 is 1.75 bits per heavy atom. The van der Waals surface area contributed by atoms with Gasteiger partial charge in [-0.2, -0.15) is 0 Å². The van der Waals surface area contributed by atoms with Crippen molar-refractivity contribution in [2.24, 2.45) is 5.73 Å². The minimum absolute atomic E-state index is 0.204. The quantitative estimate of drug-likeness (QED) is 0.587. The molecule has 5 heteroatoms. The van der Waals surface area contributed by atoms with E-state index in [9.17, 15) is 9.59 Å². The van der Waals surface area contributed by atoms with Crippen LogP contribution in [0.3, 0.4) is 0 Å². The predicted molar refractivity (Wildman–Crippen MR) is 43.5 cm³/mol. The van der Waals surface area contributed by atoms with Crippen molar-refractivity contribution in [3.05, 3.63) is 0 Å². The van der Waals surface area contributed by atoms with Gasteiger partial charge in [0.2, 0.25) is 5.91 Å². The monoisotopic (exact) mass is 174 g/mol. The van der Waals surface area contributed by atoms with Gasteiger partial charge in [0.15, 0.2) is 0 Å². The molecule has 0 radical (unpaired) electrons. The van der Waals surface area contributed by atoms with Crippen LogP contribution in [0.2, 0.25) is 0 Å². The third kappa shape index (κ3) is 6.85. The maximum absolute atomic E-state index is 10.1. The Morgan fingerprint density at radius 3 is 2.50 bits per heavy atom. The second-order valence-corrected chi connectivity index (χ2v) is 2.21. The molecule has 1 heterocycles. The van der Waals surface area contributed by atoms with E-state index in [-0.39, 0.29) is 5.91 Å². The molecule has 1 aliphatic heterocycles. The molecule has 5 nitrogen and oxygen atoms in total. The Balaban J connectivity index is 0.000000202. The fourth-order valence-corrected chi connectivity index (χ4v) is 0.707. The number of nitrogens with one attached hydrogen (secondary N) is 1. The summed E-state index contributed by atoms with van der Waals surface area (Å²) in [4.78, 5) is 19.7. The number of primary amides is 1. The van der Waals surface area contributed by atoms with Gasteiger partial charge in [0.05, 0.1) is 6.61 Å². The second kappa shape index (κ2) is 6.45. The van der Waals surface area contributed by atoms with Gasteiger partial charge >= 0.3 is 6.09 Å². The molecule has 0 aromatic rings. The minimum atomic E-state index is -0.711. The number of ether oxygens (including phenoxy) is 1. The first kappa shape index (κ1) is 10.7. The van der Waals surface area contributed by atoms with Crippen molar-refractivity contribution < 1.29 is 14.3 Å². The third-order valence-corrected chi connectivity index (χ3v) is 1.19. The van der Waals surface area contributed by atoms with E-state index >= 15 is 0 Å². The molecule has 1 saturated heterocycles. The van der Waals surface area contributed by atoms with E-state index in [2.05, 4.69) is 15.8 Å². The molecule has 0 spiro atoms. The standard InChI is InChI=1S/C4H7NO.C3H7NO2/c6-4-2-1-3-5-4;1-2-6-3(4)5/h1-3H2,(H,5,6);2H2,1H3,(H2,4,5).